The highest BCUT2D eigenvalue weighted by Crippen LogP contribution is 2.27. The van der Waals surface area contributed by atoms with Crippen LogP contribution >= 0.6 is 11.6 Å². The molecule has 0 radical (unpaired) electrons. The highest BCUT2D eigenvalue weighted by atomic mass is 35.5. The number of fused-ring (bicyclic) bond motifs is 1. The Balaban J connectivity index is 1.33. The van der Waals surface area contributed by atoms with Gasteiger partial charge in [-0.2, -0.15) is 4.98 Å². The van der Waals surface area contributed by atoms with Gasteiger partial charge in [0.2, 0.25) is 5.95 Å². The summed E-state index contributed by atoms with van der Waals surface area (Å²) in [6.07, 6.45) is 4.07. The van der Waals surface area contributed by atoms with Crippen molar-refractivity contribution < 1.29 is 4.92 Å². The lowest BCUT2D eigenvalue weighted by atomic mass is 9.91. The summed E-state index contributed by atoms with van der Waals surface area (Å²) in [7, 11) is 3.99. The molecule has 0 spiro atoms. The van der Waals surface area contributed by atoms with Crippen LogP contribution in [-0.4, -0.2) is 41.1 Å². The maximum absolute atomic E-state index is 10.9. The Morgan fingerprint density at radius 1 is 1.09 bits per heavy atom. The lowest BCUT2D eigenvalue weighted by molar-refractivity contribution is -0.384. The number of nitro groups is 1. The van der Waals surface area contributed by atoms with E-state index in [-0.39, 0.29) is 5.69 Å². The van der Waals surface area contributed by atoms with Gasteiger partial charge < -0.3 is 15.5 Å². The summed E-state index contributed by atoms with van der Waals surface area (Å²) in [5.74, 6) is 1.58. The number of non-ortho nitro benzene ring substituents is 1. The number of nitrogens with one attached hydrogen (secondary N) is 2. The van der Waals surface area contributed by atoms with Crippen molar-refractivity contribution in [3.8, 4) is 0 Å². The van der Waals surface area contributed by atoms with Crippen LogP contribution in [0.25, 0.3) is 10.9 Å². The normalized spacial score (nSPS) is 18.5. The molecule has 4 rings (SSSR count). The first-order valence-corrected chi connectivity index (χ1v) is 11.2. The third kappa shape index (κ3) is 5.08. The van der Waals surface area contributed by atoms with Crippen LogP contribution in [0.1, 0.15) is 31.2 Å². The van der Waals surface area contributed by atoms with Crippen molar-refractivity contribution in [2.75, 3.05) is 24.3 Å². The zero-order chi connectivity index (χ0) is 22.7. The van der Waals surface area contributed by atoms with E-state index in [0.29, 0.717) is 29.6 Å². The Bertz CT molecular complexity index is 1110. The summed E-state index contributed by atoms with van der Waals surface area (Å²) in [4.78, 5) is 21.9. The molecule has 32 heavy (non-hydrogen) atoms. The summed E-state index contributed by atoms with van der Waals surface area (Å²) in [6, 6.07) is 13.4. The molecule has 1 aliphatic rings. The van der Waals surface area contributed by atoms with E-state index in [2.05, 4.69) is 10.6 Å². The van der Waals surface area contributed by atoms with Gasteiger partial charge in [0.25, 0.3) is 5.69 Å². The number of para-hydroxylation sites is 1. The highest BCUT2D eigenvalue weighted by molar-refractivity contribution is 6.31. The Morgan fingerprint density at radius 2 is 1.81 bits per heavy atom. The van der Waals surface area contributed by atoms with E-state index in [1.165, 1.54) is 12.1 Å². The molecule has 1 fully saturated rings. The number of halogens is 1. The molecule has 0 amide bonds. The molecule has 2 N–H and O–H groups in total. The zero-order valence-electron chi connectivity index (χ0n) is 18.2. The van der Waals surface area contributed by atoms with Gasteiger partial charge in [0.05, 0.1) is 15.5 Å². The molecule has 1 heterocycles. The number of rotatable bonds is 7. The van der Waals surface area contributed by atoms with E-state index in [9.17, 15) is 10.1 Å². The van der Waals surface area contributed by atoms with Crippen molar-refractivity contribution in [2.45, 2.75) is 44.3 Å². The van der Waals surface area contributed by atoms with Crippen molar-refractivity contribution in [3.63, 3.8) is 0 Å². The van der Waals surface area contributed by atoms with Crippen molar-refractivity contribution in [2.24, 2.45) is 0 Å². The second kappa shape index (κ2) is 9.67. The van der Waals surface area contributed by atoms with Crippen molar-refractivity contribution in [1.82, 2.24) is 15.3 Å². The van der Waals surface area contributed by atoms with E-state index in [1.807, 2.05) is 43.3 Å². The number of nitrogens with zero attached hydrogens (tertiary/aromatic N) is 4. The maximum Gasteiger partial charge on any atom is 0.270 e. The Morgan fingerprint density at radius 3 is 2.50 bits per heavy atom. The fourth-order valence-electron chi connectivity index (χ4n) is 4.14. The van der Waals surface area contributed by atoms with Crippen molar-refractivity contribution in [1.29, 1.82) is 0 Å². The van der Waals surface area contributed by atoms with Crippen LogP contribution in [0, 0.1) is 10.1 Å². The van der Waals surface area contributed by atoms with Crippen LogP contribution < -0.4 is 15.5 Å². The van der Waals surface area contributed by atoms with E-state index >= 15 is 0 Å². The standard InChI is InChI=1S/C23H27ClN6O2/c1-29(2)22-19-5-3-4-6-21(19)27-23(28-22)26-17-10-8-16(9-11-17)25-14-15-7-12-18(30(31)32)13-20(15)24/h3-7,12-13,16-17,25H,8-11,14H2,1-2H3,(H,26,27,28). The quantitative estimate of drug-likeness (QED) is 0.392. The summed E-state index contributed by atoms with van der Waals surface area (Å²) >= 11 is 6.21. The van der Waals surface area contributed by atoms with Gasteiger partial charge in [-0.25, -0.2) is 4.98 Å². The Hall–Kier alpha value is -2.97. The third-order valence-corrected chi connectivity index (χ3v) is 6.25. The first-order valence-electron chi connectivity index (χ1n) is 10.8. The zero-order valence-corrected chi connectivity index (χ0v) is 19.0. The summed E-state index contributed by atoms with van der Waals surface area (Å²) in [5.41, 5.74) is 1.82. The molecule has 8 nitrogen and oxygen atoms in total. The molecule has 1 saturated carbocycles. The van der Waals surface area contributed by atoms with Gasteiger partial charge in [-0.15, -0.1) is 0 Å². The number of hydrogen-bond acceptors (Lipinski definition) is 7. The molecule has 0 atom stereocenters. The van der Waals surface area contributed by atoms with E-state index in [1.54, 1.807) is 6.07 Å². The molecule has 168 valence electrons. The fourth-order valence-corrected chi connectivity index (χ4v) is 4.38. The maximum atomic E-state index is 10.9. The number of anilines is 2. The second-order valence-corrected chi connectivity index (χ2v) is 8.80. The molecule has 1 aromatic heterocycles. The van der Waals surface area contributed by atoms with Crippen LogP contribution in [0.5, 0.6) is 0 Å². The van der Waals surface area contributed by atoms with Crippen LogP contribution in [0.4, 0.5) is 17.5 Å². The Kier molecular flexibility index (Phi) is 6.72. The van der Waals surface area contributed by atoms with Crippen LogP contribution in [-0.2, 0) is 6.54 Å². The summed E-state index contributed by atoms with van der Waals surface area (Å²) < 4.78 is 0. The van der Waals surface area contributed by atoms with Gasteiger partial charge in [0.1, 0.15) is 5.82 Å². The lowest BCUT2D eigenvalue weighted by Crippen LogP contribution is -2.37. The molecule has 3 aromatic rings. The predicted molar refractivity (Wildman–Crippen MR) is 128 cm³/mol. The number of nitro benzene ring substituents is 1. The molecule has 2 aromatic carbocycles. The smallest absolute Gasteiger partial charge is 0.270 e. The minimum absolute atomic E-state index is 0.0127. The van der Waals surface area contributed by atoms with E-state index < -0.39 is 4.92 Å². The SMILES string of the molecule is CN(C)c1nc(NC2CCC(NCc3ccc([N+](=O)[O-])cc3Cl)CC2)nc2ccccc12. The fraction of sp³-hybridized carbons (Fsp3) is 0.391. The first-order chi connectivity index (χ1) is 15.4. The van der Waals surface area contributed by atoms with Crippen molar-refractivity contribution >= 4 is 40.0 Å². The van der Waals surface area contributed by atoms with Gasteiger partial charge >= 0.3 is 0 Å². The van der Waals surface area contributed by atoms with E-state index in [0.717, 1.165) is 48.0 Å². The summed E-state index contributed by atoms with van der Waals surface area (Å²) in [5, 5.41) is 19.4. The largest absolute Gasteiger partial charge is 0.362 e. The van der Waals surface area contributed by atoms with Crippen LogP contribution in [0.2, 0.25) is 5.02 Å². The molecule has 0 bridgehead atoms. The highest BCUT2D eigenvalue weighted by Gasteiger charge is 2.22. The first kappa shape index (κ1) is 22.2. The van der Waals surface area contributed by atoms with Crippen LogP contribution in [0.15, 0.2) is 42.5 Å². The van der Waals surface area contributed by atoms with Gasteiger partial charge in [0, 0.05) is 50.2 Å². The molecule has 0 saturated heterocycles. The van der Waals surface area contributed by atoms with Gasteiger partial charge in [-0.3, -0.25) is 10.1 Å². The molecule has 0 aliphatic heterocycles. The molecular formula is C23H27ClN6O2. The number of benzene rings is 2. The topological polar surface area (TPSA) is 96.2 Å². The minimum atomic E-state index is -0.432. The van der Waals surface area contributed by atoms with Gasteiger partial charge in [0.15, 0.2) is 0 Å². The monoisotopic (exact) mass is 454 g/mol. The average Bonchev–Trinajstić information content (AvgIpc) is 2.78. The Labute approximate surface area is 192 Å². The van der Waals surface area contributed by atoms with Gasteiger partial charge in [-0.1, -0.05) is 23.7 Å². The summed E-state index contributed by atoms with van der Waals surface area (Å²) in [6.45, 7) is 0.597. The second-order valence-electron chi connectivity index (χ2n) is 8.39. The minimum Gasteiger partial charge on any atom is -0.362 e. The average molecular weight is 455 g/mol. The van der Waals surface area contributed by atoms with Gasteiger partial charge in [-0.05, 0) is 49.4 Å². The molecule has 0 unspecified atom stereocenters. The predicted octanol–water partition coefficient (Wildman–Crippen LogP) is 4.77. The van der Waals surface area contributed by atoms with Crippen LogP contribution in [0.3, 0.4) is 0 Å². The number of hydrogen-bond donors (Lipinski definition) is 2. The molecule has 1 aliphatic carbocycles. The molecular weight excluding hydrogens is 428 g/mol. The third-order valence-electron chi connectivity index (χ3n) is 5.90. The van der Waals surface area contributed by atoms with E-state index in [4.69, 9.17) is 21.6 Å². The van der Waals surface area contributed by atoms with Crippen molar-refractivity contribution in [3.05, 3.63) is 63.2 Å². The number of aromatic nitrogens is 2. The lowest BCUT2D eigenvalue weighted by Gasteiger charge is -2.30. The molecule has 9 heteroatoms.